The molecule has 28 heavy (non-hydrogen) atoms. The van der Waals surface area contributed by atoms with Crippen molar-refractivity contribution in [2.75, 3.05) is 18.0 Å². The van der Waals surface area contributed by atoms with Crippen molar-refractivity contribution in [1.29, 1.82) is 0 Å². The van der Waals surface area contributed by atoms with E-state index in [-0.39, 0.29) is 23.7 Å². The molecule has 0 bridgehead atoms. The minimum Gasteiger partial charge on any atom is -0.459 e. The molecule has 1 N–H and O–H groups in total. The summed E-state index contributed by atoms with van der Waals surface area (Å²) in [5.41, 5.74) is 0.691. The Hall–Kier alpha value is -1.58. The first-order valence-electron chi connectivity index (χ1n) is 9.26. The Labute approximate surface area is 171 Å². The van der Waals surface area contributed by atoms with E-state index in [1.54, 1.807) is 5.51 Å². The van der Waals surface area contributed by atoms with Crippen molar-refractivity contribution < 1.29 is 13.9 Å². The summed E-state index contributed by atoms with van der Waals surface area (Å²) >= 11 is 7.48. The Morgan fingerprint density at radius 3 is 2.89 bits per heavy atom. The first-order chi connectivity index (χ1) is 13.1. The fourth-order valence-corrected chi connectivity index (χ4v) is 4.57. The van der Waals surface area contributed by atoms with Crippen LogP contribution < -0.4 is 10.2 Å². The van der Waals surface area contributed by atoms with Crippen molar-refractivity contribution in [1.82, 2.24) is 20.3 Å². The Morgan fingerprint density at radius 2 is 2.18 bits per heavy atom. The Kier molecular flexibility index (Phi) is 4.75. The number of anilines is 1. The molecule has 2 fully saturated rings. The van der Waals surface area contributed by atoms with Gasteiger partial charge in [-0.15, -0.1) is 11.3 Å². The van der Waals surface area contributed by atoms with E-state index in [4.69, 9.17) is 16.3 Å². The average molecular weight is 428 g/mol. The number of thiazole rings is 1. The van der Waals surface area contributed by atoms with E-state index in [0.717, 1.165) is 0 Å². The maximum Gasteiger partial charge on any atom is 0.328 e. The van der Waals surface area contributed by atoms with E-state index in [1.165, 1.54) is 11.3 Å². The average Bonchev–Trinajstić information content (AvgIpc) is 3.04. The van der Waals surface area contributed by atoms with E-state index >= 15 is 4.39 Å². The van der Waals surface area contributed by atoms with Gasteiger partial charge in [0.25, 0.3) is 0 Å². The van der Waals surface area contributed by atoms with Crippen LogP contribution >= 0.6 is 22.9 Å². The number of nitrogens with one attached hydrogen (secondary N) is 1. The molecule has 2 aliphatic rings. The zero-order valence-electron chi connectivity index (χ0n) is 16.2. The van der Waals surface area contributed by atoms with Gasteiger partial charge in [0.15, 0.2) is 10.6 Å². The van der Waals surface area contributed by atoms with Gasteiger partial charge in [-0.25, -0.2) is 19.2 Å². The van der Waals surface area contributed by atoms with Gasteiger partial charge in [0.1, 0.15) is 22.8 Å². The molecule has 152 valence electrons. The third-order valence-electron chi connectivity index (χ3n) is 5.20. The molecular weight excluding hydrogens is 405 g/mol. The fourth-order valence-electron chi connectivity index (χ4n) is 3.71. The molecule has 0 saturated carbocycles. The standard InChI is InChI=1S/C18H23ClFN5O2S/c1-9-6-25(13-12-14(28-8-21-12)23-16(19)22-13)7-11-18(24-11,5-10(9)20)15(26)27-17(2,3)4/h8-11,24H,5-7H2,1-4H3/t9-,10?,11+,18?/m1/s1. The van der Waals surface area contributed by atoms with Crippen molar-refractivity contribution in [3.63, 3.8) is 0 Å². The molecule has 0 aromatic carbocycles. The highest BCUT2D eigenvalue weighted by atomic mass is 35.5. The quantitative estimate of drug-likeness (QED) is 0.447. The van der Waals surface area contributed by atoms with Crippen LogP contribution in [0.2, 0.25) is 5.28 Å². The van der Waals surface area contributed by atoms with Crippen molar-refractivity contribution >= 4 is 45.1 Å². The summed E-state index contributed by atoms with van der Waals surface area (Å²) < 4.78 is 20.6. The number of aromatic nitrogens is 3. The number of halogens is 2. The lowest BCUT2D eigenvalue weighted by atomic mass is 9.89. The van der Waals surface area contributed by atoms with Crippen LogP contribution in [0.5, 0.6) is 0 Å². The zero-order valence-corrected chi connectivity index (χ0v) is 17.8. The smallest absolute Gasteiger partial charge is 0.328 e. The Morgan fingerprint density at radius 1 is 1.43 bits per heavy atom. The van der Waals surface area contributed by atoms with Gasteiger partial charge in [-0.1, -0.05) is 6.92 Å². The highest BCUT2D eigenvalue weighted by Gasteiger charge is 2.63. The second-order valence-corrected chi connectivity index (χ2v) is 9.77. The molecule has 2 aromatic heterocycles. The van der Waals surface area contributed by atoms with E-state index in [0.29, 0.717) is 29.3 Å². The summed E-state index contributed by atoms with van der Waals surface area (Å²) in [5.74, 6) is -0.129. The summed E-state index contributed by atoms with van der Waals surface area (Å²) in [6, 6.07) is -0.226. The summed E-state index contributed by atoms with van der Waals surface area (Å²) in [5, 5.41) is 3.33. The largest absolute Gasteiger partial charge is 0.459 e. The van der Waals surface area contributed by atoms with Gasteiger partial charge in [0, 0.05) is 25.4 Å². The van der Waals surface area contributed by atoms with Gasteiger partial charge < -0.3 is 9.64 Å². The van der Waals surface area contributed by atoms with E-state index in [9.17, 15) is 4.79 Å². The normalized spacial score (nSPS) is 30.5. The number of carbonyl (C=O) groups excluding carboxylic acids is 1. The van der Waals surface area contributed by atoms with Crippen molar-refractivity contribution in [2.24, 2.45) is 5.92 Å². The van der Waals surface area contributed by atoms with E-state index < -0.39 is 23.3 Å². The molecule has 2 saturated heterocycles. The summed E-state index contributed by atoms with van der Waals surface area (Å²) in [6.07, 6.45) is -1.05. The number of nitrogens with zero attached hydrogens (tertiary/aromatic N) is 4. The molecule has 7 nitrogen and oxygen atoms in total. The molecule has 4 rings (SSSR count). The van der Waals surface area contributed by atoms with E-state index in [1.807, 2.05) is 32.6 Å². The number of alkyl halides is 1. The number of fused-ring (bicyclic) bond motifs is 2. The highest BCUT2D eigenvalue weighted by molar-refractivity contribution is 7.16. The lowest BCUT2D eigenvalue weighted by molar-refractivity contribution is -0.159. The highest BCUT2D eigenvalue weighted by Crippen LogP contribution is 2.41. The first-order valence-corrected chi connectivity index (χ1v) is 10.5. The van der Waals surface area contributed by atoms with Gasteiger partial charge in [-0.2, -0.15) is 4.98 Å². The zero-order chi connectivity index (χ0) is 20.3. The molecule has 4 atom stereocenters. The number of rotatable bonds is 2. The topological polar surface area (TPSA) is 90.2 Å². The third kappa shape index (κ3) is 3.55. The molecule has 2 unspecified atom stereocenters. The SMILES string of the molecule is C[C@@H]1CN(c2nc(Cl)nc3scnc23)C[C@@H]2NC2(C(=O)OC(C)(C)C)CC1F. The number of ether oxygens (including phenoxy) is 1. The molecule has 10 heteroatoms. The molecule has 0 spiro atoms. The molecule has 4 heterocycles. The van der Waals surface area contributed by atoms with Gasteiger partial charge in [-0.3, -0.25) is 5.32 Å². The van der Waals surface area contributed by atoms with Crippen LogP contribution in [-0.2, 0) is 9.53 Å². The van der Waals surface area contributed by atoms with Gasteiger partial charge >= 0.3 is 5.97 Å². The second kappa shape index (κ2) is 6.74. The fraction of sp³-hybridized carbons (Fsp3) is 0.667. The van der Waals surface area contributed by atoms with Gasteiger partial charge in [0.2, 0.25) is 5.28 Å². The monoisotopic (exact) mass is 427 g/mol. The van der Waals surface area contributed by atoms with Gasteiger partial charge in [-0.05, 0) is 32.4 Å². The van der Waals surface area contributed by atoms with Crippen LogP contribution in [0.1, 0.15) is 34.1 Å². The molecule has 0 amide bonds. The lowest BCUT2D eigenvalue weighted by Gasteiger charge is -2.33. The van der Waals surface area contributed by atoms with Crippen LogP contribution in [-0.4, -0.2) is 57.4 Å². The van der Waals surface area contributed by atoms with Crippen LogP contribution in [0.25, 0.3) is 10.3 Å². The van der Waals surface area contributed by atoms with Crippen LogP contribution in [0, 0.1) is 5.92 Å². The number of hydrogen-bond donors (Lipinski definition) is 1. The second-order valence-electron chi connectivity index (χ2n) is 8.59. The number of carbonyl (C=O) groups is 1. The first kappa shape index (κ1) is 19.7. The predicted octanol–water partition coefficient (Wildman–Crippen LogP) is 2.98. The molecule has 2 aromatic rings. The summed E-state index contributed by atoms with van der Waals surface area (Å²) in [4.78, 5) is 28.4. The lowest BCUT2D eigenvalue weighted by Crippen LogP contribution is -2.46. The number of esters is 1. The van der Waals surface area contributed by atoms with Crippen LogP contribution in [0.15, 0.2) is 5.51 Å². The maximum absolute atomic E-state index is 15.0. The number of hydrogen-bond acceptors (Lipinski definition) is 8. The van der Waals surface area contributed by atoms with Gasteiger partial charge in [0.05, 0.1) is 11.6 Å². The molecule has 2 aliphatic heterocycles. The Bertz CT molecular complexity index is 919. The summed E-state index contributed by atoms with van der Waals surface area (Å²) in [6.45, 7) is 8.20. The minimum atomic E-state index is -1.16. The predicted molar refractivity (Wildman–Crippen MR) is 107 cm³/mol. The van der Waals surface area contributed by atoms with E-state index in [2.05, 4.69) is 20.3 Å². The minimum absolute atomic E-state index is 0.109. The molecular formula is C18H23ClFN5O2S. The van der Waals surface area contributed by atoms with Crippen LogP contribution in [0.4, 0.5) is 10.2 Å². The maximum atomic E-state index is 15.0. The van der Waals surface area contributed by atoms with Crippen LogP contribution in [0.3, 0.4) is 0 Å². The van der Waals surface area contributed by atoms with Crippen molar-refractivity contribution in [3.8, 4) is 0 Å². The molecule has 0 aliphatic carbocycles. The van der Waals surface area contributed by atoms with Crippen molar-refractivity contribution in [3.05, 3.63) is 10.8 Å². The van der Waals surface area contributed by atoms with Crippen molar-refractivity contribution in [2.45, 2.75) is 57.5 Å². The third-order valence-corrected chi connectivity index (χ3v) is 6.09. The summed E-state index contributed by atoms with van der Waals surface area (Å²) in [7, 11) is 0. The Balaban J connectivity index is 1.67. The molecule has 0 radical (unpaired) electrons.